The molecule has 0 amide bonds. The molecule has 0 aromatic heterocycles. The predicted octanol–water partition coefficient (Wildman–Crippen LogP) is 0.855. The van der Waals surface area contributed by atoms with Gasteiger partial charge in [-0.3, -0.25) is 4.79 Å². The molecule has 52 valence electrons. The van der Waals surface area contributed by atoms with Crippen LogP contribution >= 0.6 is 0 Å². The molecular formula is C6H10NO2-. The molecule has 1 heterocycles. The summed E-state index contributed by atoms with van der Waals surface area (Å²) >= 11 is 0. The second-order valence-electron chi connectivity index (χ2n) is 2.28. The largest absolute Gasteiger partial charge is 0.662 e. The fourth-order valence-electron chi connectivity index (χ4n) is 0.997. The van der Waals surface area contributed by atoms with Gasteiger partial charge < -0.3 is 10.4 Å². The minimum atomic E-state index is -0.662. The van der Waals surface area contributed by atoms with Gasteiger partial charge in [0.05, 0.1) is 5.92 Å². The van der Waals surface area contributed by atoms with Crippen LogP contribution in [0.25, 0.3) is 5.32 Å². The average molecular weight is 128 g/mol. The maximum absolute atomic E-state index is 10.3. The molecule has 0 bridgehead atoms. The highest BCUT2D eigenvalue weighted by Crippen LogP contribution is 2.16. The van der Waals surface area contributed by atoms with Gasteiger partial charge in [-0.15, -0.1) is 13.1 Å². The standard InChI is InChI=1S/C6H10NO2/c8-6(9)5-1-3-7-4-2-5/h5H,1-4H2,(H,8,9)/q-1. The van der Waals surface area contributed by atoms with Crippen molar-refractivity contribution in [2.75, 3.05) is 13.1 Å². The molecular weight excluding hydrogens is 118 g/mol. The monoisotopic (exact) mass is 128 g/mol. The molecule has 1 rings (SSSR count). The van der Waals surface area contributed by atoms with Crippen LogP contribution in [0.2, 0.25) is 0 Å². The molecule has 0 radical (unpaired) electrons. The number of rotatable bonds is 1. The normalized spacial score (nSPS) is 21.8. The van der Waals surface area contributed by atoms with Crippen LogP contribution in [0.5, 0.6) is 0 Å². The molecule has 1 N–H and O–H groups in total. The molecule has 0 atom stereocenters. The summed E-state index contributed by atoms with van der Waals surface area (Å²) in [7, 11) is 0. The molecule has 3 nitrogen and oxygen atoms in total. The van der Waals surface area contributed by atoms with E-state index < -0.39 is 5.97 Å². The lowest BCUT2D eigenvalue weighted by molar-refractivity contribution is -0.142. The van der Waals surface area contributed by atoms with Crippen LogP contribution in [0.1, 0.15) is 12.8 Å². The molecule has 0 saturated carbocycles. The van der Waals surface area contributed by atoms with Gasteiger partial charge in [-0.1, -0.05) is 12.8 Å². The number of carboxylic acid groups (broad SMARTS) is 1. The minimum Gasteiger partial charge on any atom is -0.662 e. The second kappa shape index (κ2) is 2.82. The van der Waals surface area contributed by atoms with E-state index in [2.05, 4.69) is 5.32 Å². The third kappa shape index (κ3) is 1.68. The fraction of sp³-hybridized carbons (Fsp3) is 0.833. The van der Waals surface area contributed by atoms with Crippen LogP contribution in [0.4, 0.5) is 0 Å². The van der Waals surface area contributed by atoms with Gasteiger partial charge in [-0.2, -0.15) is 0 Å². The van der Waals surface area contributed by atoms with Crippen LogP contribution in [0.3, 0.4) is 0 Å². The lowest BCUT2D eigenvalue weighted by Gasteiger charge is -2.28. The SMILES string of the molecule is O=C(O)C1CC[N-]CC1. The first-order valence-corrected chi connectivity index (χ1v) is 3.17. The Labute approximate surface area is 54.1 Å². The van der Waals surface area contributed by atoms with E-state index in [9.17, 15) is 4.79 Å². The Balaban J connectivity index is 2.31. The molecule has 0 aliphatic carbocycles. The highest BCUT2D eigenvalue weighted by molar-refractivity contribution is 5.70. The van der Waals surface area contributed by atoms with E-state index in [0.29, 0.717) is 0 Å². The van der Waals surface area contributed by atoms with Crippen LogP contribution in [-0.2, 0) is 4.79 Å². The summed E-state index contributed by atoms with van der Waals surface area (Å²) < 4.78 is 0. The lowest BCUT2D eigenvalue weighted by Crippen LogP contribution is -2.20. The summed E-state index contributed by atoms with van der Waals surface area (Å²) in [5, 5.41) is 12.5. The van der Waals surface area contributed by atoms with Gasteiger partial charge >= 0.3 is 5.97 Å². The maximum Gasteiger partial charge on any atom is 0.306 e. The number of hydrogen-bond acceptors (Lipinski definition) is 1. The van der Waals surface area contributed by atoms with Crippen molar-refractivity contribution in [3.05, 3.63) is 5.32 Å². The first-order chi connectivity index (χ1) is 4.30. The molecule has 0 unspecified atom stereocenters. The van der Waals surface area contributed by atoms with Crippen molar-refractivity contribution in [1.29, 1.82) is 0 Å². The van der Waals surface area contributed by atoms with Crippen molar-refractivity contribution in [3.63, 3.8) is 0 Å². The summed E-state index contributed by atoms with van der Waals surface area (Å²) in [6.07, 6.45) is 1.46. The molecule has 0 aromatic rings. The van der Waals surface area contributed by atoms with Crippen molar-refractivity contribution in [2.45, 2.75) is 12.8 Å². The number of hydrogen-bond donors (Lipinski definition) is 1. The summed E-state index contributed by atoms with van der Waals surface area (Å²) in [6.45, 7) is 1.47. The third-order valence-electron chi connectivity index (χ3n) is 1.62. The highest BCUT2D eigenvalue weighted by Gasteiger charge is 2.14. The Morgan fingerprint density at radius 2 is 2.00 bits per heavy atom. The third-order valence-corrected chi connectivity index (χ3v) is 1.62. The van der Waals surface area contributed by atoms with Gasteiger partial charge in [0.25, 0.3) is 0 Å². The van der Waals surface area contributed by atoms with E-state index >= 15 is 0 Å². The van der Waals surface area contributed by atoms with Gasteiger partial charge in [0.2, 0.25) is 0 Å². The molecule has 1 aliphatic rings. The quantitative estimate of drug-likeness (QED) is 0.569. The Bertz CT molecular complexity index is 108. The van der Waals surface area contributed by atoms with E-state index in [4.69, 9.17) is 5.11 Å². The van der Waals surface area contributed by atoms with Gasteiger partial charge in [0.15, 0.2) is 0 Å². The van der Waals surface area contributed by atoms with Crippen LogP contribution < -0.4 is 0 Å². The van der Waals surface area contributed by atoms with Crippen molar-refractivity contribution >= 4 is 5.97 Å². The minimum absolute atomic E-state index is 0.123. The van der Waals surface area contributed by atoms with Crippen molar-refractivity contribution in [3.8, 4) is 0 Å². The number of piperidine rings is 1. The molecule has 3 heteroatoms. The highest BCUT2D eigenvalue weighted by atomic mass is 16.4. The van der Waals surface area contributed by atoms with E-state index in [0.717, 1.165) is 25.9 Å². The van der Waals surface area contributed by atoms with Gasteiger partial charge in [0.1, 0.15) is 0 Å². The van der Waals surface area contributed by atoms with Crippen molar-refractivity contribution in [2.24, 2.45) is 5.92 Å². The maximum atomic E-state index is 10.3. The van der Waals surface area contributed by atoms with E-state index in [1.54, 1.807) is 0 Å². The smallest absolute Gasteiger partial charge is 0.306 e. The number of aliphatic carboxylic acids is 1. The van der Waals surface area contributed by atoms with Gasteiger partial charge in [-0.25, -0.2) is 0 Å². The van der Waals surface area contributed by atoms with E-state index in [1.165, 1.54) is 0 Å². The van der Waals surface area contributed by atoms with Crippen LogP contribution in [-0.4, -0.2) is 24.2 Å². The first kappa shape index (κ1) is 6.55. The Kier molecular flexibility index (Phi) is 2.05. The molecule has 1 aliphatic heterocycles. The van der Waals surface area contributed by atoms with Crippen molar-refractivity contribution in [1.82, 2.24) is 0 Å². The Hall–Kier alpha value is -0.570. The average Bonchev–Trinajstić information content (AvgIpc) is 1.90. The molecule has 0 spiro atoms. The number of carboxylic acids is 1. The fourth-order valence-corrected chi connectivity index (χ4v) is 0.997. The van der Waals surface area contributed by atoms with Crippen molar-refractivity contribution < 1.29 is 9.90 Å². The summed E-state index contributed by atoms with van der Waals surface area (Å²) in [6, 6.07) is 0. The lowest BCUT2D eigenvalue weighted by atomic mass is 9.99. The number of carbonyl (C=O) groups is 1. The summed E-state index contributed by atoms with van der Waals surface area (Å²) in [5.41, 5.74) is 0. The Morgan fingerprint density at radius 3 is 2.33 bits per heavy atom. The molecule has 9 heavy (non-hydrogen) atoms. The van der Waals surface area contributed by atoms with Crippen LogP contribution in [0, 0.1) is 5.92 Å². The molecule has 1 saturated heterocycles. The van der Waals surface area contributed by atoms with E-state index in [1.807, 2.05) is 0 Å². The van der Waals surface area contributed by atoms with Crippen LogP contribution in [0.15, 0.2) is 0 Å². The van der Waals surface area contributed by atoms with Gasteiger partial charge in [-0.05, 0) is 0 Å². The summed E-state index contributed by atoms with van der Waals surface area (Å²) in [5.74, 6) is -0.785. The first-order valence-electron chi connectivity index (χ1n) is 3.17. The zero-order valence-electron chi connectivity index (χ0n) is 5.21. The Morgan fingerprint density at radius 1 is 1.44 bits per heavy atom. The number of nitrogens with zero attached hydrogens (tertiary/aromatic N) is 1. The second-order valence-corrected chi connectivity index (χ2v) is 2.28. The topological polar surface area (TPSA) is 51.4 Å². The summed E-state index contributed by atoms with van der Waals surface area (Å²) in [4.78, 5) is 10.3. The molecule has 1 fully saturated rings. The zero-order chi connectivity index (χ0) is 6.69. The van der Waals surface area contributed by atoms with E-state index in [-0.39, 0.29) is 5.92 Å². The zero-order valence-corrected chi connectivity index (χ0v) is 5.21. The predicted molar refractivity (Wildman–Crippen MR) is 33.5 cm³/mol. The van der Waals surface area contributed by atoms with Gasteiger partial charge in [0, 0.05) is 0 Å². The molecule has 0 aromatic carbocycles.